The lowest BCUT2D eigenvalue weighted by Crippen LogP contribution is -2.69. The summed E-state index contributed by atoms with van der Waals surface area (Å²) in [5.41, 5.74) is -1.91. The number of ether oxygens (including phenoxy) is 8. The molecular formula is C62H136O17. The first-order valence-electron chi connectivity index (χ1n) is 29.2. The fourth-order valence-corrected chi connectivity index (χ4v) is 9.60. The molecule has 0 aliphatic carbocycles. The largest absolute Gasteiger partial charge is 0.418 e. The Labute approximate surface area is 486 Å². The Morgan fingerprint density at radius 1 is 0.316 bits per heavy atom. The van der Waals surface area contributed by atoms with Crippen LogP contribution in [0.5, 0.6) is 0 Å². The van der Waals surface area contributed by atoms with Crippen molar-refractivity contribution in [2.24, 2.45) is 59.2 Å². The Morgan fingerprint density at radius 2 is 0.468 bits per heavy atom. The molecule has 79 heavy (non-hydrogen) atoms. The highest BCUT2D eigenvalue weighted by Crippen LogP contribution is 2.53. The molecule has 0 amide bonds. The van der Waals surface area contributed by atoms with Gasteiger partial charge in [-0.2, -0.15) is 0 Å². The number of rotatable bonds is 22. The molecule has 0 radical (unpaired) electrons. The van der Waals surface area contributed by atoms with Gasteiger partial charge in [-0.1, -0.05) is 138 Å². The van der Waals surface area contributed by atoms with Crippen LogP contribution >= 0.6 is 0 Å². The summed E-state index contributed by atoms with van der Waals surface area (Å²) < 4.78 is 54.9. The third-order valence-corrected chi connectivity index (χ3v) is 11.5. The molecular weight excluding hydrogens is 1020 g/mol. The van der Waals surface area contributed by atoms with Crippen LogP contribution in [0, 0.1) is 59.2 Å². The Hall–Kier alpha value is -0.680. The van der Waals surface area contributed by atoms with Crippen LogP contribution in [-0.4, -0.2) is 128 Å². The van der Waals surface area contributed by atoms with Crippen molar-refractivity contribution < 1.29 is 83.9 Å². The van der Waals surface area contributed by atoms with Gasteiger partial charge in [0.25, 0.3) is 0 Å². The SMILES string of the molecule is CC(C)(C)O.CC(C)(O)O.CC(C)(O)O.CC(C)(O)O.CC(C)(O)O.CC(C)OC(OC(OC(OC(C)C)(C(C)C)C(C)C)(OC(C(C)C)(C(C)C)C(C)C)OC(C(C)C)(C(C)C)C(C)C)(C(C)C)C(C)C.CC1OC(C)(C)O1. The zero-order chi connectivity index (χ0) is 65.7. The summed E-state index contributed by atoms with van der Waals surface area (Å²) in [7, 11) is 0. The zero-order valence-corrected chi connectivity index (χ0v) is 58.3. The van der Waals surface area contributed by atoms with E-state index in [2.05, 4.69) is 166 Å². The molecule has 0 atom stereocenters. The second kappa shape index (κ2) is 35.7. The van der Waals surface area contributed by atoms with Crippen LogP contribution in [0.3, 0.4) is 0 Å². The van der Waals surface area contributed by atoms with Crippen molar-refractivity contribution in [2.45, 2.75) is 345 Å². The Kier molecular flexibility index (Phi) is 40.5. The van der Waals surface area contributed by atoms with Gasteiger partial charge in [0.2, 0.25) is 0 Å². The van der Waals surface area contributed by atoms with E-state index < -0.39 is 57.7 Å². The summed E-state index contributed by atoms with van der Waals surface area (Å²) >= 11 is 0. The standard InChI is InChI=1S/C41H84O6.C5H10O2.C4H10O.4C3H8O2/c1-25(2)37(26(3)4,27(5)6)44-41(45-38(28(7)8,29(9)10)30(11)12,46-39(31(13)14,32(15)16)42-35(21)22)47-40(33(17)18,34(19)20)43-36(23)24;1-4-6-5(2,3)7-4;1-4(2,3)5;4*1-3(2,4)5/h25-36H,1-24H3;4H,1-3H3;5H,1-3H3;4*4-5H,1-2H3. The van der Waals surface area contributed by atoms with Gasteiger partial charge in [-0.25, -0.2) is 0 Å². The maximum absolute atomic E-state index is 8.52. The van der Waals surface area contributed by atoms with Crippen molar-refractivity contribution in [3.8, 4) is 0 Å². The predicted octanol–water partition coefficient (Wildman–Crippen LogP) is 12.7. The molecule has 0 bridgehead atoms. The Morgan fingerprint density at radius 3 is 0.544 bits per heavy atom. The summed E-state index contributed by atoms with van der Waals surface area (Å²) in [6, 6.07) is 0. The third kappa shape index (κ3) is 41.1. The lowest BCUT2D eigenvalue weighted by atomic mass is 9.72. The van der Waals surface area contributed by atoms with E-state index in [4.69, 9.17) is 83.9 Å². The highest BCUT2D eigenvalue weighted by Gasteiger charge is 2.64. The minimum Gasteiger partial charge on any atom is -0.391 e. The summed E-state index contributed by atoms with van der Waals surface area (Å²) in [6.45, 7) is 73.5. The first kappa shape index (κ1) is 89.5. The third-order valence-electron chi connectivity index (χ3n) is 11.5. The first-order chi connectivity index (χ1) is 34.2. The van der Waals surface area contributed by atoms with Crippen LogP contribution in [0.15, 0.2) is 0 Å². The van der Waals surface area contributed by atoms with Crippen LogP contribution in [0.2, 0.25) is 0 Å². The Bertz CT molecular complexity index is 1280. The van der Waals surface area contributed by atoms with Gasteiger partial charge in [0.05, 0.1) is 29.0 Å². The van der Waals surface area contributed by atoms with Gasteiger partial charge in [0.1, 0.15) is 0 Å². The van der Waals surface area contributed by atoms with Gasteiger partial charge in [-0.05, 0) is 160 Å². The highest BCUT2D eigenvalue weighted by atomic mass is 17.1. The molecule has 1 aliphatic rings. The van der Waals surface area contributed by atoms with E-state index in [1.54, 1.807) is 20.8 Å². The van der Waals surface area contributed by atoms with Crippen LogP contribution in [-0.2, 0) is 37.9 Å². The molecule has 1 aliphatic heterocycles. The Balaban J connectivity index is -0.000000329. The van der Waals surface area contributed by atoms with Crippen molar-refractivity contribution in [1.29, 1.82) is 0 Å². The number of aliphatic hydroxyl groups is 9. The minimum absolute atomic E-state index is 0.00926. The molecule has 0 unspecified atom stereocenters. The topological polar surface area (TPSA) is 256 Å². The fraction of sp³-hybridized carbons (Fsp3) is 1.00. The minimum atomic E-state index is -2.02. The summed E-state index contributed by atoms with van der Waals surface area (Å²) in [4.78, 5) is 0. The van der Waals surface area contributed by atoms with Crippen LogP contribution in [0.4, 0.5) is 0 Å². The lowest BCUT2D eigenvalue weighted by Gasteiger charge is -2.59. The van der Waals surface area contributed by atoms with Gasteiger partial charge in [-0.3, -0.25) is 18.9 Å². The lowest BCUT2D eigenvalue weighted by molar-refractivity contribution is -0.623. The van der Waals surface area contributed by atoms with Crippen LogP contribution < -0.4 is 0 Å². The summed E-state index contributed by atoms with van der Waals surface area (Å²) in [5.74, 6) is -8.26. The first-order valence-corrected chi connectivity index (χ1v) is 29.2. The van der Waals surface area contributed by atoms with E-state index in [1.807, 2.05) is 20.8 Å². The number of hydrogen-bond donors (Lipinski definition) is 9. The summed E-state index contributed by atoms with van der Waals surface area (Å²) in [6.07, 6.45) is -2.27. The fourth-order valence-electron chi connectivity index (χ4n) is 9.60. The monoisotopic (exact) mass is 1150 g/mol. The van der Waals surface area contributed by atoms with Gasteiger partial charge < -0.3 is 64.9 Å². The van der Waals surface area contributed by atoms with E-state index in [1.165, 1.54) is 55.4 Å². The summed E-state index contributed by atoms with van der Waals surface area (Å²) in [5, 5.41) is 73.1. The van der Waals surface area contributed by atoms with Crippen molar-refractivity contribution >= 4 is 0 Å². The van der Waals surface area contributed by atoms with E-state index in [0.717, 1.165) is 0 Å². The molecule has 17 heteroatoms. The molecule has 0 saturated carbocycles. The van der Waals surface area contributed by atoms with Crippen LogP contribution in [0.1, 0.15) is 263 Å². The highest BCUT2D eigenvalue weighted by molar-refractivity contribution is 4.96. The molecule has 1 rings (SSSR count). The molecule has 0 aromatic heterocycles. The zero-order valence-electron chi connectivity index (χ0n) is 58.3. The van der Waals surface area contributed by atoms with E-state index >= 15 is 0 Å². The van der Waals surface area contributed by atoms with Crippen molar-refractivity contribution in [1.82, 2.24) is 0 Å². The molecule has 0 aromatic carbocycles. The smallest absolute Gasteiger partial charge is 0.391 e. The molecule has 9 N–H and O–H groups in total. The molecule has 0 aromatic rings. The van der Waals surface area contributed by atoms with Gasteiger partial charge >= 0.3 is 6.16 Å². The normalized spacial score (nSPS) is 15.4. The second-order valence-electron chi connectivity index (χ2n) is 28.3. The molecule has 486 valence electrons. The van der Waals surface area contributed by atoms with E-state index in [9.17, 15) is 0 Å². The molecule has 1 saturated heterocycles. The van der Waals surface area contributed by atoms with Gasteiger partial charge in [0, 0.05) is 23.7 Å². The maximum Gasteiger partial charge on any atom is 0.418 e. The molecule has 0 spiro atoms. The van der Waals surface area contributed by atoms with Crippen molar-refractivity contribution in [2.75, 3.05) is 0 Å². The molecule has 17 nitrogen and oxygen atoms in total. The predicted molar refractivity (Wildman–Crippen MR) is 321 cm³/mol. The average Bonchev–Trinajstić information content (AvgIpc) is 3.10. The number of hydrogen-bond acceptors (Lipinski definition) is 17. The second-order valence-corrected chi connectivity index (χ2v) is 28.3. The van der Waals surface area contributed by atoms with Gasteiger partial charge in [-0.15, -0.1) is 0 Å². The van der Waals surface area contributed by atoms with E-state index in [-0.39, 0.29) is 83.5 Å². The maximum atomic E-state index is 8.52. The van der Waals surface area contributed by atoms with Crippen LogP contribution in [0.25, 0.3) is 0 Å². The molecule has 1 heterocycles. The van der Waals surface area contributed by atoms with E-state index in [0.29, 0.717) is 0 Å². The van der Waals surface area contributed by atoms with Crippen molar-refractivity contribution in [3.63, 3.8) is 0 Å². The van der Waals surface area contributed by atoms with Gasteiger partial charge in [0.15, 0.2) is 46.8 Å². The van der Waals surface area contributed by atoms with Crippen molar-refractivity contribution in [3.05, 3.63) is 0 Å². The quantitative estimate of drug-likeness (QED) is 0.0457. The average molecular weight is 1150 g/mol. The molecule has 1 fully saturated rings.